The van der Waals surface area contributed by atoms with Crippen LogP contribution in [-0.2, 0) is 4.79 Å². The van der Waals surface area contributed by atoms with Crippen LogP contribution in [0, 0.1) is 57.2 Å². The first kappa shape index (κ1) is 38.5. The lowest BCUT2D eigenvalue weighted by atomic mass is 9.33. The van der Waals surface area contributed by atoms with Crippen molar-refractivity contribution >= 4 is 17.3 Å². The number of amides is 1. The summed E-state index contributed by atoms with van der Waals surface area (Å²) in [6.07, 6.45) is 16.0. The van der Waals surface area contributed by atoms with Gasteiger partial charge in [0.25, 0.3) is 0 Å². The zero-order valence-corrected chi connectivity index (χ0v) is 35.2. The Bertz CT molecular complexity index is 1920. The number of piperidine rings is 1. The number of fused-ring (bicyclic) bond motifs is 9. The third kappa shape index (κ3) is 5.66. The number of aliphatic hydroxyl groups is 1. The number of ketones is 1. The maximum atomic E-state index is 14.0. The molecule has 300 valence electrons. The summed E-state index contributed by atoms with van der Waals surface area (Å²) < 4.78 is 0. The summed E-state index contributed by atoms with van der Waals surface area (Å²) >= 11 is 0. The van der Waals surface area contributed by atoms with Gasteiger partial charge in [-0.25, -0.2) is 0 Å². The van der Waals surface area contributed by atoms with Crippen LogP contribution < -0.4 is 5.32 Å². The molecule has 6 fully saturated rings. The number of benzene rings is 2. The molecule has 1 heterocycles. The molecular formula is C51H68N2O3. The van der Waals surface area contributed by atoms with Gasteiger partial charge in [-0.3, -0.25) is 14.5 Å². The third-order valence-corrected chi connectivity index (χ3v) is 18.7. The number of carbonyl (C=O) groups is 2. The Labute approximate surface area is 337 Å². The number of allylic oxidation sites excluding steroid dienone is 3. The molecule has 1 saturated heterocycles. The minimum Gasteiger partial charge on any atom is -0.380 e. The normalized spacial score (nSPS) is 41.4. The smallest absolute Gasteiger partial charge is 0.234 e. The van der Waals surface area contributed by atoms with E-state index >= 15 is 0 Å². The van der Waals surface area contributed by atoms with Gasteiger partial charge in [0, 0.05) is 23.7 Å². The van der Waals surface area contributed by atoms with E-state index in [1.54, 1.807) is 12.1 Å². The zero-order valence-electron chi connectivity index (χ0n) is 35.2. The molecule has 1 unspecified atom stereocenters. The van der Waals surface area contributed by atoms with Crippen LogP contribution in [0.4, 0.5) is 0 Å². The highest BCUT2D eigenvalue weighted by atomic mass is 16.3. The molecule has 0 radical (unpaired) electrons. The molecule has 5 heteroatoms. The Balaban J connectivity index is 0.962. The Kier molecular flexibility index (Phi) is 9.29. The van der Waals surface area contributed by atoms with E-state index in [1.807, 2.05) is 30.3 Å². The van der Waals surface area contributed by atoms with E-state index in [0.717, 1.165) is 38.1 Å². The van der Waals surface area contributed by atoms with Crippen molar-refractivity contribution in [3.05, 3.63) is 89.5 Å². The maximum absolute atomic E-state index is 14.0. The summed E-state index contributed by atoms with van der Waals surface area (Å²) in [7, 11) is 0. The number of carbonyl (C=O) groups excluding carboxylic acids is 2. The largest absolute Gasteiger partial charge is 0.380 e. The van der Waals surface area contributed by atoms with Crippen molar-refractivity contribution in [3.8, 4) is 0 Å². The monoisotopic (exact) mass is 757 g/mol. The summed E-state index contributed by atoms with van der Waals surface area (Å²) in [4.78, 5) is 29.5. The van der Waals surface area contributed by atoms with E-state index < -0.39 is 6.10 Å². The number of nitrogens with one attached hydrogen (secondary N) is 1. The van der Waals surface area contributed by atoms with E-state index in [0.29, 0.717) is 53.3 Å². The highest BCUT2D eigenvalue weighted by molar-refractivity contribution is 5.99. The Morgan fingerprint density at radius 1 is 0.857 bits per heavy atom. The van der Waals surface area contributed by atoms with Gasteiger partial charge in [-0.2, -0.15) is 0 Å². The van der Waals surface area contributed by atoms with Gasteiger partial charge in [0.05, 0.1) is 6.54 Å². The van der Waals surface area contributed by atoms with Gasteiger partial charge in [-0.05, 0) is 158 Å². The second kappa shape index (κ2) is 13.5. The van der Waals surface area contributed by atoms with Crippen molar-refractivity contribution in [3.63, 3.8) is 0 Å². The van der Waals surface area contributed by atoms with Gasteiger partial charge in [0.1, 0.15) is 6.10 Å². The van der Waals surface area contributed by atoms with E-state index in [4.69, 9.17) is 0 Å². The maximum Gasteiger partial charge on any atom is 0.234 e. The lowest BCUT2D eigenvalue weighted by Crippen LogP contribution is -2.68. The average Bonchev–Trinajstić information content (AvgIpc) is 3.90. The molecule has 0 aromatic heterocycles. The van der Waals surface area contributed by atoms with Crippen LogP contribution >= 0.6 is 0 Å². The van der Waals surface area contributed by atoms with Gasteiger partial charge < -0.3 is 10.4 Å². The molecule has 12 atom stereocenters. The molecular weight excluding hydrogens is 689 g/mol. The fourth-order valence-corrected chi connectivity index (χ4v) is 15.9. The van der Waals surface area contributed by atoms with E-state index in [1.165, 1.54) is 68.1 Å². The molecule has 56 heavy (non-hydrogen) atoms. The molecule has 1 aliphatic heterocycles. The van der Waals surface area contributed by atoms with E-state index in [2.05, 4.69) is 76.5 Å². The molecule has 6 aliphatic carbocycles. The highest BCUT2D eigenvalue weighted by Crippen LogP contribution is 2.76. The van der Waals surface area contributed by atoms with Gasteiger partial charge in [-0.15, -0.1) is 0 Å². The molecule has 7 aliphatic rings. The molecule has 9 rings (SSSR count). The van der Waals surface area contributed by atoms with Crippen LogP contribution in [0.2, 0.25) is 0 Å². The molecule has 5 nitrogen and oxygen atoms in total. The van der Waals surface area contributed by atoms with Gasteiger partial charge in [-0.1, -0.05) is 107 Å². The molecule has 2 aromatic rings. The number of rotatable bonds is 8. The predicted octanol–water partition coefficient (Wildman–Crippen LogP) is 10.6. The van der Waals surface area contributed by atoms with Crippen LogP contribution in [0.15, 0.2) is 72.8 Å². The van der Waals surface area contributed by atoms with Gasteiger partial charge >= 0.3 is 0 Å². The van der Waals surface area contributed by atoms with Gasteiger partial charge in [0.2, 0.25) is 5.91 Å². The van der Waals surface area contributed by atoms with Crippen molar-refractivity contribution in [2.75, 3.05) is 13.1 Å². The van der Waals surface area contributed by atoms with Crippen molar-refractivity contribution in [1.82, 2.24) is 10.2 Å². The van der Waals surface area contributed by atoms with Crippen molar-refractivity contribution in [2.24, 2.45) is 57.2 Å². The first-order valence-electron chi connectivity index (χ1n) is 22.4. The van der Waals surface area contributed by atoms with Crippen molar-refractivity contribution in [1.29, 1.82) is 0 Å². The Morgan fingerprint density at radius 3 is 2.29 bits per heavy atom. The van der Waals surface area contributed by atoms with Gasteiger partial charge in [0.15, 0.2) is 5.78 Å². The number of likely N-dealkylation sites (tertiary alicyclic amines) is 1. The summed E-state index contributed by atoms with van der Waals surface area (Å²) in [6.45, 7) is 21.6. The number of hydrogen-bond donors (Lipinski definition) is 2. The second-order valence-corrected chi connectivity index (χ2v) is 21.5. The summed E-state index contributed by atoms with van der Waals surface area (Å²) in [5.41, 5.74) is 5.67. The SMILES string of the molecule is C=C(C)[C@@H]1CC[C@]2(NC(=O)CN3C[C@@H]4CC[C@H]3C4)CC[C@]3(C)[C@H](CC[C@@H]4[C@@]5(C)CC=C(c6ccc(C(O)C(=O)c7ccccc7)cc6)C(C)(C)[C@@H]5CC[C@]43C)[C@@H]12. The minimum atomic E-state index is -1.17. The molecule has 1 amide bonds. The summed E-state index contributed by atoms with van der Waals surface area (Å²) in [5.74, 6) is 3.58. The highest BCUT2D eigenvalue weighted by Gasteiger charge is 2.70. The third-order valence-electron chi connectivity index (χ3n) is 18.7. The number of hydrogen-bond acceptors (Lipinski definition) is 4. The van der Waals surface area contributed by atoms with E-state index in [-0.39, 0.29) is 38.9 Å². The number of Topliss-reactive ketones (excluding diaryl/α,β-unsaturated/α-hetero) is 1. The number of aliphatic hydroxyl groups excluding tert-OH is 1. The van der Waals surface area contributed by atoms with Crippen LogP contribution in [0.1, 0.15) is 146 Å². The topological polar surface area (TPSA) is 69.6 Å². The van der Waals surface area contributed by atoms with Crippen LogP contribution in [-0.4, -0.2) is 46.4 Å². The zero-order chi connectivity index (χ0) is 39.4. The predicted molar refractivity (Wildman–Crippen MR) is 226 cm³/mol. The number of nitrogens with zero attached hydrogens (tertiary/aromatic N) is 1. The first-order chi connectivity index (χ1) is 26.6. The second-order valence-electron chi connectivity index (χ2n) is 21.5. The van der Waals surface area contributed by atoms with Crippen molar-refractivity contribution in [2.45, 2.75) is 136 Å². The lowest BCUT2D eigenvalue weighted by molar-refractivity contribution is -0.219. The quantitative estimate of drug-likeness (QED) is 0.208. The van der Waals surface area contributed by atoms with Crippen molar-refractivity contribution < 1.29 is 14.7 Å². The average molecular weight is 757 g/mol. The minimum absolute atomic E-state index is 0.0105. The fourth-order valence-electron chi connectivity index (χ4n) is 15.9. The molecule has 2 aromatic carbocycles. The molecule has 0 spiro atoms. The van der Waals surface area contributed by atoms with Crippen LogP contribution in [0.5, 0.6) is 0 Å². The van der Waals surface area contributed by atoms with E-state index in [9.17, 15) is 14.7 Å². The lowest BCUT2D eigenvalue weighted by Gasteiger charge is -2.72. The summed E-state index contributed by atoms with van der Waals surface area (Å²) in [6, 6.07) is 17.9. The molecule has 2 bridgehead atoms. The Hall–Kier alpha value is -3.02. The van der Waals surface area contributed by atoms with Crippen LogP contribution in [0.3, 0.4) is 0 Å². The van der Waals surface area contributed by atoms with Crippen LogP contribution in [0.25, 0.3) is 5.57 Å². The fraction of sp³-hybridized carbons (Fsp3) is 0.647. The first-order valence-corrected chi connectivity index (χ1v) is 22.4. The summed E-state index contributed by atoms with van der Waals surface area (Å²) in [5, 5.41) is 14.8. The molecule has 2 N–H and O–H groups in total. The standard InChI is InChI=1S/C51H68N2O3/c1-32(2)38-21-26-51(52-43(54)31-53-30-33-13-18-37(53)29-33)28-27-49(6)40(44(38)51)19-20-42-48(5)24-22-39(47(3,4)41(48)23-25-50(42,49)7)34-14-16-36(17-15-34)46(56)45(55)35-11-9-8-10-12-35/h8-12,14-17,22,33,37-38,40-42,44,46,56H,1,13,18-21,23-31H2,2-7H3,(H,52,54)/t33-,37+,38+,40-,41+,42-,44-,46?,48+,49-,50-,51+/m1/s1. The Morgan fingerprint density at radius 2 is 1.61 bits per heavy atom. The molecule has 5 saturated carbocycles.